The minimum atomic E-state index is -0.488. The number of carbonyl (C=O) groups is 1. The van der Waals surface area contributed by atoms with Crippen LogP contribution in [0.2, 0.25) is 5.02 Å². The van der Waals surface area contributed by atoms with Crippen molar-refractivity contribution in [3.05, 3.63) is 47.1 Å². The molecule has 0 aromatic heterocycles. The fourth-order valence-electron chi connectivity index (χ4n) is 3.59. The van der Waals surface area contributed by atoms with Crippen LogP contribution in [0.1, 0.15) is 32.3 Å². The van der Waals surface area contributed by atoms with Crippen LogP contribution in [-0.4, -0.2) is 47.2 Å². The number of likely N-dealkylation sites (tertiary alicyclic amines) is 1. The first-order valence-corrected chi connectivity index (χ1v) is 8.97. The lowest BCUT2D eigenvalue weighted by molar-refractivity contribution is 0.0150. The Labute approximate surface area is 149 Å². The van der Waals surface area contributed by atoms with Gasteiger partial charge in [0.1, 0.15) is 0 Å². The summed E-state index contributed by atoms with van der Waals surface area (Å²) in [7, 11) is 0. The normalized spacial score (nSPS) is 20.9. The molecule has 2 aliphatic heterocycles. The number of hydrogen-bond donors (Lipinski definition) is 0. The van der Waals surface area contributed by atoms with E-state index < -0.39 is 5.60 Å². The number of hydrogen-bond acceptors (Lipinski definition) is 3. The minimum absolute atomic E-state index is 0.0901. The lowest BCUT2D eigenvalue weighted by Crippen LogP contribution is -2.46. The number of ether oxygens (including phenoxy) is 1. The first-order chi connectivity index (χ1) is 11.4. The molecular weight excluding hydrogens is 324 g/mol. The molecule has 1 amide bonds. The van der Waals surface area contributed by atoms with Crippen LogP contribution in [0.25, 0.3) is 0 Å². The fourth-order valence-corrected chi connectivity index (χ4v) is 3.72. The summed E-state index contributed by atoms with van der Waals surface area (Å²) in [6.07, 6.45) is 2.40. The van der Waals surface area contributed by atoms with Gasteiger partial charge in [0, 0.05) is 43.5 Å². The van der Waals surface area contributed by atoms with Crippen LogP contribution in [0.4, 0.5) is 4.79 Å². The highest BCUT2D eigenvalue weighted by Gasteiger charge is 2.50. The van der Waals surface area contributed by atoms with Gasteiger partial charge in [-0.2, -0.15) is 0 Å². The number of benzene rings is 1. The lowest BCUT2D eigenvalue weighted by Gasteiger charge is -2.38. The van der Waals surface area contributed by atoms with Crippen LogP contribution in [-0.2, 0) is 11.2 Å². The minimum Gasteiger partial charge on any atom is -0.436 e. The van der Waals surface area contributed by atoms with Gasteiger partial charge in [-0.05, 0) is 38.0 Å². The zero-order valence-electron chi connectivity index (χ0n) is 14.4. The number of piperidine rings is 1. The summed E-state index contributed by atoms with van der Waals surface area (Å²) in [5.41, 5.74) is 1.64. The summed E-state index contributed by atoms with van der Waals surface area (Å²) in [4.78, 5) is 16.3. The molecule has 4 nitrogen and oxygen atoms in total. The Bertz CT molecular complexity index is 619. The summed E-state index contributed by atoms with van der Waals surface area (Å²) in [5.74, 6) is 0. The average molecular weight is 349 g/mol. The van der Waals surface area contributed by atoms with Crippen LogP contribution >= 0.6 is 11.6 Å². The van der Waals surface area contributed by atoms with Gasteiger partial charge in [-0.15, -0.1) is 0 Å². The van der Waals surface area contributed by atoms with Crippen molar-refractivity contribution in [3.8, 4) is 0 Å². The van der Waals surface area contributed by atoms with Crippen LogP contribution in [0.5, 0.6) is 0 Å². The zero-order chi connectivity index (χ0) is 17.3. The van der Waals surface area contributed by atoms with Crippen LogP contribution in [0, 0.1) is 0 Å². The molecule has 0 saturated carbocycles. The molecular formula is C19H25ClN2O2. The average Bonchev–Trinajstić information content (AvgIpc) is 2.79. The molecule has 2 fully saturated rings. The molecule has 2 saturated heterocycles. The van der Waals surface area contributed by atoms with Crippen molar-refractivity contribution in [1.82, 2.24) is 9.80 Å². The van der Waals surface area contributed by atoms with Gasteiger partial charge in [0.15, 0.2) is 5.60 Å². The van der Waals surface area contributed by atoms with Crippen molar-refractivity contribution in [2.75, 3.05) is 19.6 Å². The molecule has 130 valence electrons. The van der Waals surface area contributed by atoms with E-state index in [9.17, 15) is 4.79 Å². The number of halogens is 1. The Morgan fingerprint density at radius 2 is 1.88 bits per heavy atom. The molecule has 0 radical (unpaired) electrons. The summed E-state index contributed by atoms with van der Waals surface area (Å²) in [6, 6.07) is 8.12. The Morgan fingerprint density at radius 1 is 1.25 bits per heavy atom. The summed E-state index contributed by atoms with van der Waals surface area (Å²) < 4.78 is 5.75. The maximum Gasteiger partial charge on any atom is 0.415 e. The molecule has 1 spiro atoms. The van der Waals surface area contributed by atoms with Crippen LogP contribution in [0.15, 0.2) is 36.5 Å². The standard InChI is InChI=1S/C19H25ClN2O2/c1-14(2)22-15(3)19(24-18(22)23)9-12-21(13-10-19)11-8-16-4-6-17(20)7-5-16/h4-7,14H,3,8-13H2,1-2H3. The van der Waals surface area contributed by atoms with E-state index in [0.29, 0.717) is 0 Å². The van der Waals surface area contributed by atoms with E-state index in [4.69, 9.17) is 16.3 Å². The van der Waals surface area contributed by atoms with Crippen molar-refractivity contribution in [2.45, 2.75) is 44.8 Å². The third kappa shape index (κ3) is 3.31. The summed E-state index contributed by atoms with van der Waals surface area (Å²) in [5, 5.41) is 0.773. The fraction of sp³-hybridized carbons (Fsp3) is 0.526. The molecule has 1 aromatic carbocycles. The number of amides is 1. The molecule has 2 aliphatic rings. The predicted octanol–water partition coefficient (Wildman–Crippen LogP) is 4.09. The third-order valence-corrected chi connectivity index (χ3v) is 5.36. The number of carbonyl (C=O) groups excluding carboxylic acids is 1. The second-order valence-corrected chi connectivity index (χ2v) is 7.43. The quantitative estimate of drug-likeness (QED) is 0.821. The molecule has 2 heterocycles. The molecule has 1 aromatic rings. The first-order valence-electron chi connectivity index (χ1n) is 8.60. The second kappa shape index (κ2) is 6.77. The van der Waals surface area contributed by atoms with E-state index in [-0.39, 0.29) is 12.1 Å². The summed E-state index contributed by atoms with van der Waals surface area (Å²) >= 11 is 5.93. The predicted molar refractivity (Wildman–Crippen MR) is 96.2 cm³/mol. The van der Waals surface area contributed by atoms with E-state index in [0.717, 1.165) is 49.6 Å². The summed E-state index contributed by atoms with van der Waals surface area (Å²) in [6.45, 7) is 11.0. The van der Waals surface area contributed by atoms with Crippen LogP contribution in [0.3, 0.4) is 0 Å². The number of rotatable bonds is 4. The van der Waals surface area contributed by atoms with Gasteiger partial charge < -0.3 is 9.64 Å². The van der Waals surface area contributed by atoms with Crippen molar-refractivity contribution in [1.29, 1.82) is 0 Å². The van der Waals surface area contributed by atoms with Crippen molar-refractivity contribution < 1.29 is 9.53 Å². The van der Waals surface area contributed by atoms with E-state index in [1.807, 2.05) is 26.0 Å². The number of nitrogens with zero attached hydrogens (tertiary/aromatic N) is 2. The maximum atomic E-state index is 12.1. The zero-order valence-corrected chi connectivity index (χ0v) is 15.2. The van der Waals surface area contributed by atoms with Gasteiger partial charge in [0.2, 0.25) is 0 Å². The Hall–Kier alpha value is -1.52. The molecule has 0 aliphatic carbocycles. The SMILES string of the molecule is C=C1N(C(C)C)C(=O)OC12CCN(CCc1ccc(Cl)cc1)CC2. The first kappa shape index (κ1) is 17.3. The third-order valence-electron chi connectivity index (χ3n) is 5.11. The van der Waals surface area contributed by atoms with Crippen molar-refractivity contribution in [3.63, 3.8) is 0 Å². The van der Waals surface area contributed by atoms with E-state index in [1.165, 1.54) is 5.56 Å². The van der Waals surface area contributed by atoms with Crippen LogP contribution < -0.4 is 0 Å². The smallest absolute Gasteiger partial charge is 0.415 e. The van der Waals surface area contributed by atoms with E-state index in [1.54, 1.807) is 4.90 Å². The molecule has 3 rings (SSSR count). The van der Waals surface area contributed by atoms with Crippen molar-refractivity contribution in [2.24, 2.45) is 0 Å². The van der Waals surface area contributed by atoms with Gasteiger partial charge >= 0.3 is 6.09 Å². The molecule has 0 unspecified atom stereocenters. The molecule has 0 atom stereocenters. The Kier molecular flexibility index (Phi) is 4.88. The Balaban J connectivity index is 1.55. The maximum absolute atomic E-state index is 12.1. The lowest BCUT2D eigenvalue weighted by atomic mass is 9.88. The van der Waals surface area contributed by atoms with Gasteiger partial charge in [-0.25, -0.2) is 4.79 Å². The molecule has 24 heavy (non-hydrogen) atoms. The van der Waals surface area contributed by atoms with Gasteiger partial charge in [0.05, 0.1) is 5.70 Å². The molecule has 0 N–H and O–H groups in total. The molecule has 0 bridgehead atoms. The van der Waals surface area contributed by atoms with Gasteiger partial charge in [0.25, 0.3) is 0 Å². The monoisotopic (exact) mass is 348 g/mol. The highest BCUT2D eigenvalue weighted by atomic mass is 35.5. The highest BCUT2D eigenvalue weighted by molar-refractivity contribution is 6.30. The van der Waals surface area contributed by atoms with Gasteiger partial charge in [-0.1, -0.05) is 30.3 Å². The largest absolute Gasteiger partial charge is 0.436 e. The highest BCUT2D eigenvalue weighted by Crippen LogP contribution is 2.41. The van der Waals surface area contributed by atoms with E-state index in [2.05, 4.69) is 23.6 Å². The second-order valence-electron chi connectivity index (χ2n) is 6.99. The topological polar surface area (TPSA) is 32.8 Å². The molecule has 5 heteroatoms. The van der Waals surface area contributed by atoms with E-state index >= 15 is 0 Å². The van der Waals surface area contributed by atoms with Gasteiger partial charge in [-0.3, -0.25) is 4.90 Å². The Morgan fingerprint density at radius 3 is 2.42 bits per heavy atom. The van der Waals surface area contributed by atoms with Crippen molar-refractivity contribution >= 4 is 17.7 Å².